The molecule has 1 fully saturated rings. The lowest BCUT2D eigenvalue weighted by Crippen LogP contribution is -2.51. The number of methoxy groups -OCH3 is 1. The van der Waals surface area contributed by atoms with Crippen molar-refractivity contribution in [2.24, 2.45) is 0 Å². The lowest BCUT2D eigenvalue weighted by Gasteiger charge is -2.38. The molecule has 0 radical (unpaired) electrons. The number of carbonyl (C=O) groups excluding carboxylic acids is 2. The van der Waals surface area contributed by atoms with Crippen LogP contribution < -0.4 is 0 Å². The smallest absolute Gasteiger partial charge is 0.327 e. The fourth-order valence-electron chi connectivity index (χ4n) is 3.00. The van der Waals surface area contributed by atoms with Gasteiger partial charge in [-0.2, -0.15) is 11.3 Å². The summed E-state index contributed by atoms with van der Waals surface area (Å²) in [5.41, 5.74) is 1.56. The van der Waals surface area contributed by atoms with E-state index in [4.69, 9.17) is 16.3 Å². The van der Waals surface area contributed by atoms with Crippen LogP contribution >= 0.6 is 22.9 Å². The molecule has 7 heteroatoms. The summed E-state index contributed by atoms with van der Waals surface area (Å²) in [5.74, 6) is -0.262. The lowest BCUT2D eigenvalue weighted by atomic mass is 10.0. The second-order valence-electron chi connectivity index (χ2n) is 5.82. The van der Waals surface area contributed by atoms with E-state index in [-0.39, 0.29) is 11.9 Å². The first-order valence-corrected chi connectivity index (χ1v) is 9.31. The maximum absolute atomic E-state index is 12.4. The Morgan fingerprint density at radius 2 is 1.80 bits per heavy atom. The average molecular weight is 379 g/mol. The van der Waals surface area contributed by atoms with Crippen molar-refractivity contribution in [1.29, 1.82) is 0 Å². The quantitative estimate of drug-likeness (QED) is 0.767. The van der Waals surface area contributed by atoms with Crippen molar-refractivity contribution in [3.05, 3.63) is 57.2 Å². The third-order valence-corrected chi connectivity index (χ3v) is 5.28. The number of thiophene rings is 1. The van der Waals surface area contributed by atoms with Gasteiger partial charge in [-0.05, 0) is 29.1 Å². The number of amides is 1. The summed E-state index contributed by atoms with van der Waals surface area (Å²) >= 11 is 7.46. The summed E-state index contributed by atoms with van der Waals surface area (Å²) in [4.78, 5) is 28.6. The maximum atomic E-state index is 12.4. The standard InChI is InChI=1S/C18H19ClN2O3S/c1-24-18(23)16(13-2-4-15(19)5-3-13)20-7-9-21(10-8-20)17(22)14-6-11-25-12-14/h2-6,11-12,16H,7-10H2,1H3. The van der Waals surface area contributed by atoms with Crippen LogP contribution in [0.2, 0.25) is 5.02 Å². The van der Waals surface area contributed by atoms with E-state index in [1.54, 1.807) is 12.1 Å². The molecule has 1 aromatic carbocycles. The number of ether oxygens (including phenoxy) is 1. The van der Waals surface area contributed by atoms with Gasteiger partial charge < -0.3 is 9.64 Å². The van der Waals surface area contributed by atoms with E-state index in [0.717, 1.165) is 11.1 Å². The molecular weight excluding hydrogens is 360 g/mol. The third-order valence-electron chi connectivity index (χ3n) is 4.34. The Labute approximate surface area is 155 Å². The van der Waals surface area contributed by atoms with E-state index >= 15 is 0 Å². The van der Waals surface area contributed by atoms with Gasteiger partial charge in [-0.3, -0.25) is 9.69 Å². The van der Waals surface area contributed by atoms with Crippen LogP contribution in [0.25, 0.3) is 0 Å². The molecule has 2 heterocycles. The predicted molar refractivity (Wildman–Crippen MR) is 98.0 cm³/mol. The highest BCUT2D eigenvalue weighted by atomic mass is 35.5. The van der Waals surface area contributed by atoms with Gasteiger partial charge in [0, 0.05) is 36.6 Å². The SMILES string of the molecule is COC(=O)C(c1ccc(Cl)cc1)N1CCN(C(=O)c2ccsc2)CC1. The van der Waals surface area contributed by atoms with Crippen LogP contribution in [0.4, 0.5) is 0 Å². The normalized spacial score (nSPS) is 16.5. The fourth-order valence-corrected chi connectivity index (χ4v) is 3.76. The minimum Gasteiger partial charge on any atom is -0.468 e. The molecule has 132 valence electrons. The van der Waals surface area contributed by atoms with Crippen molar-refractivity contribution in [1.82, 2.24) is 9.80 Å². The molecule has 0 aliphatic carbocycles. The highest BCUT2D eigenvalue weighted by molar-refractivity contribution is 7.08. The number of hydrogen-bond acceptors (Lipinski definition) is 5. The van der Waals surface area contributed by atoms with Gasteiger partial charge in [0.2, 0.25) is 0 Å². The Kier molecular flexibility index (Phi) is 5.73. The predicted octanol–water partition coefficient (Wildman–Crippen LogP) is 3.07. The molecule has 0 N–H and O–H groups in total. The van der Waals surface area contributed by atoms with Gasteiger partial charge in [-0.25, -0.2) is 4.79 Å². The summed E-state index contributed by atoms with van der Waals surface area (Å²) in [7, 11) is 1.39. The molecule has 2 aromatic rings. The zero-order chi connectivity index (χ0) is 17.8. The van der Waals surface area contributed by atoms with Crippen molar-refractivity contribution in [3.63, 3.8) is 0 Å². The first kappa shape index (κ1) is 17.9. The maximum Gasteiger partial charge on any atom is 0.327 e. The Morgan fingerprint density at radius 1 is 1.12 bits per heavy atom. The summed E-state index contributed by atoms with van der Waals surface area (Å²) in [6.45, 7) is 2.38. The number of esters is 1. The summed E-state index contributed by atoms with van der Waals surface area (Å²) < 4.78 is 4.99. The summed E-state index contributed by atoms with van der Waals surface area (Å²) in [6, 6.07) is 8.57. The van der Waals surface area contributed by atoms with E-state index in [9.17, 15) is 9.59 Å². The highest BCUT2D eigenvalue weighted by Gasteiger charge is 2.32. The number of nitrogens with zero attached hydrogens (tertiary/aromatic N) is 2. The van der Waals surface area contributed by atoms with Crippen molar-refractivity contribution in [2.75, 3.05) is 33.3 Å². The number of rotatable bonds is 4. The molecule has 25 heavy (non-hydrogen) atoms. The first-order valence-electron chi connectivity index (χ1n) is 7.99. The molecule has 0 bridgehead atoms. The molecule has 5 nitrogen and oxygen atoms in total. The molecule has 3 rings (SSSR count). The van der Waals surface area contributed by atoms with Crippen molar-refractivity contribution < 1.29 is 14.3 Å². The Bertz CT molecular complexity index is 725. The van der Waals surface area contributed by atoms with Crippen LogP contribution in [-0.4, -0.2) is 55.0 Å². The molecular formula is C18H19ClN2O3S. The van der Waals surface area contributed by atoms with Crippen molar-refractivity contribution >= 4 is 34.8 Å². The molecule has 1 aliphatic heterocycles. The average Bonchev–Trinajstić information content (AvgIpc) is 3.18. The van der Waals surface area contributed by atoms with Gasteiger partial charge >= 0.3 is 5.97 Å². The second kappa shape index (κ2) is 7.99. The van der Waals surface area contributed by atoms with Crippen molar-refractivity contribution in [2.45, 2.75) is 6.04 Å². The van der Waals surface area contributed by atoms with Gasteiger partial charge in [-0.15, -0.1) is 0 Å². The van der Waals surface area contributed by atoms with Gasteiger partial charge in [0.25, 0.3) is 5.91 Å². The van der Waals surface area contributed by atoms with Crippen LogP contribution in [0, 0.1) is 0 Å². The molecule has 1 aliphatic rings. The second-order valence-corrected chi connectivity index (χ2v) is 7.03. The monoisotopic (exact) mass is 378 g/mol. The van der Waals surface area contributed by atoms with E-state index in [1.165, 1.54) is 18.4 Å². The van der Waals surface area contributed by atoms with Crippen LogP contribution in [-0.2, 0) is 9.53 Å². The van der Waals surface area contributed by atoms with Gasteiger partial charge in [0.1, 0.15) is 6.04 Å². The molecule has 1 aromatic heterocycles. The van der Waals surface area contributed by atoms with Gasteiger partial charge in [0.15, 0.2) is 0 Å². The zero-order valence-corrected chi connectivity index (χ0v) is 15.4. The number of piperazine rings is 1. The van der Waals surface area contributed by atoms with E-state index in [2.05, 4.69) is 0 Å². The Hall–Kier alpha value is -1.89. The van der Waals surface area contributed by atoms with Gasteiger partial charge in [0.05, 0.1) is 12.7 Å². The third kappa shape index (κ3) is 4.03. The minimum atomic E-state index is -0.485. The number of hydrogen-bond donors (Lipinski definition) is 0. The van der Waals surface area contributed by atoms with E-state index in [0.29, 0.717) is 31.2 Å². The number of carbonyl (C=O) groups is 2. The Balaban J connectivity index is 1.71. The molecule has 0 spiro atoms. The van der Waals surface area contributed by atoms with Gasteiger partial charge in [-0.1, -0.05) is 23.7 Å². The molecule has 1 atom stereocenters. The minimum absolute atomic E-state index is 0.0435. The first-order chi connectivity index (χ1) is 12.1. The number of halogens is 1. The molecule has 1 amide bonds. The zero-order valence-electron chi connectivity index (χ0n) is 13.9. The molecule has 0 saturated carbocycles. The van der Waals surface area contributed by atoms with E-state index in [1.807, 2.05) is 38.8 Å². The topological polar surface area (TPSA) is 49.9 Å². The molecule has 1 unspecified atom stereocenters. The number of benzene rings is 1. The van der Waals surface area contributed by atoms with Crippen LogP contribution in [0.3, 0.4) is 0 Å². The summed E-state index contributed by atoms with van der Waals surface area (Å²) in [6.07, 6.45) is 0. The molecule has 1 saturated heterocycles. The Morgan fingerprint density at radius 3 is 2.36 bits per heavy atom. The van der Waals surface area contributed by atoms with Crippen molar-refractivity contribution in [3.8, 4) is 0 Å². The lowest BCUT2D eigenvalue weighted by molar-refractivity contribution is -0.148. The highest BCUT2D eigenvalue weighted by Crippen LogP contribution is 2.25. The fraction of sp³-hybridized carbons (Fsp3) is 0.333. The van der Waals surface area contributed by atoms with Crippen LogP contribution in [0.15, 0.2) is 41.1 Å². The van der Waals surface area contributed by atoms with E-state index < -0.39 is 6.04 Å². The summed E-state index contributed by atoms with van der Waals surface area (Å²) in [5, 5.41) is 4.38. The largest absolute Gasteiger partial charge is 0.468 e. The van der Waals surface area contributed by atoms with Crippen LogP contribution in [0.5, 0.6) is 0 Å². The van der Waals surface area contributed by atoms with Crippen LogP contribution in [0.1, 0.15) is 22.0 Å².